The number of nitrogens with zero attached hydrogens (tertiary/aromatic N) is 2. The summed E-state index contributed by atoms with van der Waals surface area (Å²) in [5.41, 5.74) is 0.374. The van der Waals surface area contributed by atoms with Crippen LogP contribution >= 0.6 is 0 Å². The number of hydrogen-bond donors (Lipinski definition) is 0. The number of alkyl halides is 2. The van der Waals surface area contributed by atoms with Crippen molar-refractivity contribution >= 4 is 5.91 Å². The number of carbonyl (C=O) groups is 1. The molecule has 0 N–H and O–H groups in total. The quantitative estimate of drug-likeness (QED) is 0.838. The average Bonchev–Trinajstić information content (AvgIpc) is 2.53. The lowest BCUT2D eigenvalue weighted by molar-refractivity contribution is -0.0499. The lowest BCUT2D eigenvalue weighted by Gasteiger charge is -2.36. The highest BCUT2D eigenvalue weighted by Crippen LogP contribution is 2.20. The Bertz CT molecular complexity index is 503. The van der Waals surface area contributed by atoms with Gasteiger partial charge in [-0.3, -0.25) is 4.79 Å². The van der Waals surface area contributed by atoms with Crippen molar-refractivity contribution in [1.29, 1.82) is 0 Å². The second kappa shape index (κ2) is 7.54. The summed E-state index contributed by atoms with van der Waals surface area (Å²) in [4.78, 5) is 16.6. The zero-order valence-corrected chi connectivity index (χ0v) is 13.0. The van der Waals surface area contributed by atoms with E-state index >= 15 is 0 Å². The molecule has 1 aliphatic heterocycles. The molecule has 1 aliphatic rings. The highest BCUT2D eigenvalue weighted by atomic mass is 19.3. The van der Waals surface area contributed by atoms with E-state index < -0.39 is 6.61 Å². The second-order valence-corrected chi connectivity index (χ2v) is 5.49. The summed E-state index contributed by atoms with van der Waals surface area (Å²) in [6, 6.07) is 6.15. The fraction of sp³-hybridized carbons (Fsp3) is 0.562. The molecule has 1 heterocycles. The fourth-order valence-corrected chi connectivity index (χ4v) is 2.80. The Kier molecular flexibility index (Phi) is 5.71. The molecule has 0 atom stereocenters. The van der Waals surface area contributed by atoms with Gasteiger partial charge in [0, 0.05) is 31.7 Å². The van der Waals surface area contributed by atoms with Gasteiger partial charge in [0.05, 0.1) is 0 Å². The third kappa shape index (κ3) is 4.16. The van der Waals surface area contributed by atoms with E-state index in [0.717, 1.165) is 32.5 Å². The van der Waals surface area contributed by atoms with Crippen LogP contribution in [0.3, 0.4) is 0 Å². The van der Waals surface area contributed by atoms with E-state index in [1.54, 1.807) is 24.1 Å². The van der Waals surface area contributed by atoms with Crippen LogP contribution in [-0.2, 0) is 0 Å². The van der Waals surface area contributed by atoms with Gasteiger partial charge in [-0.15, -0.1) is 0 Å². The van der Waals surface area contributed by atoms with E-state index in [9.17, 15) is 13.6 Å². The van der Waals surface area contributed by atoms with E-state index in [2.05, 4.69) is 16.6 Å². The van der Waals surface area contributed by atoms with Crippen LogP contribution in [0, 0.1) is 0 Å². The van der Waals surface area contributed by atoms with Gasteiger partial charge in [0.2, 0.25) is 0 Å². The van der Waals surface area contributed by atoms with Gasteiger partial charge >= 0.3 is 6.61 Å². The molecule has 6 heteroatoms. The summed E-state index contributed by atoms with van der Waals surface area (Å²) >= 11 is 0. The van der Waals surface area contributed by atoms with Crippen molar-refractivity contribution in [2.24, 2.45) is 0 Å². The third-order valence-corrected chi connectivity index (χ3v) is 4.18. The largest absolute Gasteiger partial charge is 0.435 e. The molecule has 1 saturated heterocycles. The molecular formula is C16H22F2N2O2. The van der Waals surface area contributed by atoms with E-state index in [1.165, 1.54) is 12.1 Å². The van der Waals surface area contributed by atoms with Crippen molar-refractivity contribution in [3.05, 3.63) is 29.8 Å². The molecule has 0 radical (unpaired) electrons. The van der Waals surface area contributed by atoms with Crippen molar-refractivity contribution in [3.63, 3.8) is 0 Å². The summed E-state index contributed by atoms with van der Waals surface area (Å²) in [6.07, 6.45) is 1.87. The molecule has 0 aliphatic carbocycles. The van der Waals surface area contributed by atoms with Gasteiger partial charge in [-0.25, -0.2) is 0 Å². The SMILES string of the molecule is CCN1CCC(N(C)C(=O)c2cccc(OC(F)F)c2)CC1. The van der Waals surface area contributed by atoms with Gasteiger partial charge in [0.15, 0.2) is 0 Å². The zero-order chi connectivity index (χ0) is 16.1. The minimum Gasteiger partial charge on any atom is -0.435 e. The summed E-state index contributed by atoms with van der Waals surface area (Å²) in [7, 11) is 1.77. The molecular weight excluding hydrogens is 290 g/mol. The number of rotatable bonds is 5. The predicted molar refractivity (Wildman–Crippen MR) is 80.3 cm³/mol. The number of piperidine rings is 1. The number of ether oxygens (including phenoxy) is 1. The first-order valence-electron chi connectivity index (χ1n) is 7.55. The minimum absolute atomic E-state index is 0.00931. The van der Waals surface area contributed by atoms with E-state index in [0.29, 0.717) is 5.56 Å². The summed E-state index contributed by atoms with van der Waals surface area (Å²) in [5, 5.41) is 0. The molecule has 4 nitrogen and oxygen atoms in total. The number of likely N-dealkylation sites (tertiary alicyclic amines) is 1. The van der Waals surface area contributed by atoms with Crippen LogP contribution in [0.4, 0.5) is 8.78 Å². The molecule has 1 aromatic carbocycles. The second-order valence-electron chi connectivity index (χ2n) is 5.49. The number of halogens is 2. The molecule has 22 heavy (non-hydrogen) atoms. The molecule has 1 fully saturated rings. The molecule has 0 spiro atoms. The lowest BCUT2D eigenvalue weighted by Crippen LogP contribution is -2.45. The van der Waals surface area contributed by atoms with Crippen LogP contribution in [0.1, 0.15) is 30.1 Å². The van der Waals surface area contributed by atoms with Crippen LogP contribution in [0.5, 0.6) is 5.75 Å². The molecule has 0 aromatic heterocycles. The summed E-state index contributed by atoms with van der Waals surface area (Å²) in [6.45, 7) is 2.23. The fourth-order valence-electron chi connectivity index (χ4n) is 2.80. The van der Waals surface area contributed by atoms with Crippen LogP contribution in [0.25, 0.3) is 0 Å². The van der Waals surface area contributed by atoms with E-state index in [-0.39, 0.29) is 17.7 Å². The van der Waals surface area contributed by atoms with Crippen molar-refractivity contribution in [2.45, 2.75) is 32.4 Å². The maximum absolute atomic E-state index is 12.5. The molecule has 2 rings (SSSR count). The van der Waals surface area contributed by atoms with Gasteiger partial charge in [-0.1, -0.05) is 13.0 Å². The first-order chi connectivity index (χ1) is 10.5. The topological polar surface area (TPSA) is 32.8 Å². The molecule has 0 saturated carbocycles. The maximum atomic E-state index is 12.5. The molecule has 0 bridgehead atoms. The Morgan fingerprint density at radius 2 is 2.09 bits per heavy atom. The Labute approximate surface area is 129 Å². The van der Waals surface area contributed by atoms with Gasteiger partial charge in [0.1, 0.15) is 5.75 Å². The highest BCUT2D eigenvalue weighted by molar-refractivity contribution is 5.94. The monoisotopic (exact) mass is 312 g/mol. The number of amides is 1. The third-order valence-electron chi connectivity index (χ3n) is 4.18. The van der Waals surface area contributed by atoms with Gasteiger partial charge in [-0.2, -0.15) is 8.78 Å². The van der Waals surface area contributed by atoms with Crippen LogP contribution < -0.4 is 4.74 Å². The Morgan fingerprint density at radius 1 is 1.41 bits per heavy atom. The van der Waals surface area contributed by atoms with Crippen molar-refractivity contribution in [2.75, 3.05) is 26.7 Å². The Hall–Kier alpha value is -1.69. The number of benzene rings is 1. The predicted octanol–water partition coefficient (Wildman–Crippen LogP) is 2.84. The minimum atomic E-state index is -2.89. The standard InChI is InChI=1S/C16H22F2N2O2/c1-3-20-9-7-13(8-10-20)19(2)15(21)12-5-4-6-14(11-12)22-16(17)18/h4-6,11,13,16H,3,7-10H2,1-2H3. The van der Waals surface area contributed by atoms with Crippen LogP contribution in [0.15, 0.2) is 24.3 Å². The molecule has 1 aromatic rings. The van der Waals surface area contributed by atoms with Crippen molar-refractivity contribution in [3.8, 4) is 5.75 Å². The highest BCUT2D eigenvalue weighted by Gasteiger charge is 2.25. The maximum Gasteiger partial charge on any atom is 0.387 e. The smallest absolute Gasteiger partial charge is 0.387 e. The van der Waals surface area contributed by atoms with Crippen LogP contribution in [0.2, 0.25) is 0 Å². The molecule has 1 amide bonds. The van der Waals surface area contributed by atoms with E-state index in [4.69, 9.17) is 0 Å². The lowest BCUT2D eigenvalue weighted by atomic mass is 10.0. The van der Waals surface area contributed by atoms with Crippen LogP contribution in [-0.4, -0.2) is 55.0 Å². The number of carbonyl (C=O) groups excluding carboxylic acids is 1. The van der Waals surface area contributed by atoms with Crippen molar-refractivity contribution in [1.82, 2.24) is 9.80 Å². The molecule has 0 unspecified atom stereocenters. The first-order valence-corrected chi connectivity index (χ1v) is 7.55. The van der Waals surface area contributed by atoms with E-state index in [1.807, 2.05) is 0 Å². The van der Waals surface area contributed by atoms with Gasteiger partial charge < -0.3 is 14.5 Å². The Morgan fingerprint density at radius 3 is 2.68 bits per heavy atom. The summed E-state index contributed by atoms with van der Waals surface area (Å²) < 4.78 is 28.8. The average molecular weight is 312 g/mol. The molecule has 122 valence electrons. The normalized spacial score (nSPS) is 16.8. The Balaban J connectivity index is 2.01. The number of hydrogen-bond acceptors (Lipinski definition) is 3. The summed E-state index contributed by atoms with van der Waals surface area (Å²) in [5.74, 6) is -0.148. The van der Waals surface area contributed by atoms with Gasteiger partial charge in [0.25, 0.3) is 5.91 Å². The van der Waals surface area contributed by atoms with Crippen molar-refractivity contribution < 1.29 is 18.3 Å². The first kappa shape index (κ1) is 16.7. The zero-order valence-electron chi connectivity index (χ0n) is 13.0. The van der Waals surface area contributed by atoms with Gasteiger partial charge in [-0.05, 0) is 37.6 Å².